The van der Waals surface area contributed by atoms with Crippen molar-refractivity contribution in [2.75, 3.05) is 20.8 Å². The van der Waals surface area contributed by atoms with Crippen LogP contribution in [-0.2, 0) is 0 Å². The van der Waals surface area contributed by atoms with Crippen molar-refractivity contribution in [2.45, 2.75) is 51.5 Å². The molecular weight excluding hydrogens is 262 g/mol. The van der Waals surface area contributed by atoms with Gasteiger partial charge in [0.05, 0.1) is 14.2 Å². The molecule has 118 valence electrons. The zero-order valence-corrected chi connectivity index (χ0v) is 13.7. The second-order valence-electron chi connectivity index (χ2n) is 6.10. The Morgan fingerprint density at radius 3 is 2.43 bits per heavy atom. The molecule has 1 fully saturated rings. The first-order valence-electron chi connectivity index (χ1n) is 8.20. The normalized spacial score (nSPS) is 18.0. The third-order valence-electron chi connectivity index (χ3n) is 4.59. The molecule has 3 nitrogen and oxygen atoms in total. The van der Waals surface area contributed by atoms with E-state index in [1.165, 1.54) is 44.1 Å². The summed E-state index contributed by atoms with van der Waals surface area (Å²) in [4.78, 5) is 0. The lowest BCUT2D eigenvalue weighted by Crippen LogP contribution is -2.26. The van der Waals surface area contributed by atoms with Crippen LogP contribution < -0.4 is 14.8 Å². The van der Waals surface area contributed by atoms with Gasteiger partial charge in [-0.05, 0) is 50.4 Å². The number of benzene rings is 1. The van der Waals surface area contributed by atoms with Crippen LogP contribution in [0.5, 0.6) is 11.5 Å². The average molecular weight is 291 g/mol. The number of rotatable bonds is 6. The largest absolute Gasteiger partial charge is 0.497 e. The van der Waals surface area contributed by atoms with Crippen molar-refractivity contribution in [3.63, 3.8) is 0 Å². The lowest BCUT2D eigenvalue weighted by molar-refractivity contribution is 0.377. The van der Waals surface area contributed by atoms with Gasteiger partial charge in [0.25, 0.3) is 0 Å². The molecule has 0 radical (unpaired) electrons. The highest BCUT2D eigenvalue weighted by Gasteiger charge is 2.16. The van der Waals surface area contributed by atoms with Gasteiger partial charge in [0, 0.05) is 11.6 Å². The summed E-state index contributed by atoms with van der Waals surface area (Å²) in [6, 6.07) is 6.28. The number of hydrogen-bond acceptors (Lipinski definition) is 3. The van der Waals surface area contributed by atoms with Gasteiger partial charge in [0.15, 0.2) is 0 Å². The highest BCUT2D eigenvalue weighted by atomic mass is 16.5. The molecule has 1 aliphatic carbocycles. The van der Waals surface area contributed by atoms with Crippen molar-refractivity contribution in [1.29, 1.82) is 0 Å². The van der Waals surface area contributed by atoms with Gasteiger partial charge in [0.1, 0.15) is 11.5 Å². The summed E-state index contributed by atoms with van der Waals surface area (Å²) >= 11 is 0. The molecular formula is C18H29NO2. The first-order chi connectivity index (χ1) is 10.2. The van der Waals surface area contributed by atoms with Crippen molar-refractivity contribution < 1.29 is 9.47 Å². The molecule has 0 amide bonds. The first kappa shape index (κ1) is 16.2. The van der Waals surface area contributed by atoms with Crippen LogP contribution in [0.15, 0.2) is 18.2 Å². The van der Waals surface area contributed by atoms with Crippen LogP contribution in [-0.4, -0.2) is 20.8 Å². The lowest BCUT2D eigenvalue weighted by Gasteiger charge is -2.21. The van der Waals surface area contributed by atoms with E-state index in [9.17, 15) is 0 Å². The Balaban J connectivity index is 1.96. The highest BCUT2D eigenvalue weighted by Crippen LogP contribution is 2.30. The summed E-state index contributed by atoms with van der Waals surface area (Å²) in [7, 11) is 3.43. The van der Waals surface area contributed by atoms with Crippen molar-refractivity contribution in [1.82, 2.24) is 5.32 Å². The van der Waals surface area contributed by atoms with E-state index in [1.54, 1.807) is 14.2 Å². The molecule has 1 aromatic rings. The standard InChI is InChI=1S/C18H29NO2/c1-14(19-13-15-8-6-4-5-7-9-15)17-12-16(20-2)10-11-18(17)21-3/h10-12,14-15,19H,4-9,13H2,1-3H3. The fourth-order valence-electron chi connectivity index (χ4n) is 3.20. The van der Waals surface area contributed by atoms with Crippen molar-refractivity contribution in [3.05, 3.63) is 23.8 Å². The quantitative estimate of drug-likeness (QED) is 0.792. The Kier molecular flexibility index (Phi) is 6.37. The summed E-state index contributed by atoms with van der Waals surface area (Å²) in [5, 5.41) is 3.69. The van der Waals surface area contributed by atoms with Gasteiger partial charge in [-0.2, -0.15) is 0 Å². The molecule has 1 saturated carbocycles. The Bertz CT molecular complexity index is 425. The Morgan fingerprint density at radius 1 is 1.10 bits per heavy atom. The molecule has 1 aromatic carbocycles. The fourth-order valence-corrected chi connectivity index (χ4v) is 3.20. The van der Waals surface area contributed by atoms with Gasteiger partial charge in [-0.25, -0.2) is 0 Å². The SMILES string of the molecule is COc1ccc(OC)c(C(C)NCC2CCCCCC2)c1. The van der Waals surface area contributed by atoms with Crippen LogP contribution in [0.4, 0.5) is 0 Å². The lowest BCUT2D eigenvalue weighted by atomic mass is 9.99. The van der Waals surface area contributed by atoms with E-state index in [4.69, 9.17) is 9.47 Å². The maximum atomic E-state index is 5.48. The topological polar surface area (TPSA) is 30.5 Å². The second-order valence-corrected chi connectivity index (χ2v) is 6.10. The number of hydrogen-bond donors (Lipinski definition) is 1. The van der Waals surface area contributed by atoms with E-state index in [-0.39, 0.29) is 6.04 Å². The minimum atomic E-state index is 0.276. The van der Waals surface area contributed by atoms with E-state index in [0.717, 1.165) is 24.0 Å². The minimum Gasteiger partial charge on any atom is -0.497 e. The maximum absolute atomic E-state index is 5.48. The van der Waals surface area contributed by atoms with Gasteiger partial charge in [0.2, 0.25) is 0 Å². The summed E-state index contributed by atoms with van der Waals surface area (Å²) in [6.45, 7) is 3.30. The molecule has 0 bridgehead atoms. The summed E-state index contributed by atoms with van der Waals surface area (Å²) in [5.74, 6) is 2.64. The molecule has 2 rings (SSSR count). The van der Waals surface area contributed by atoms with Crippen LogP contribution in [0.25, 0.3) is 0 Å². The monoisotopic (exact) mass is 291 g/mol. The second kappa shape index (κ2) is 8.28. The third kappa shape index (κ3) is 4.63. The molecule has 0 spiro atoms. The molecule has 0 aromatic heterocycles. The van der Waals surface area contributed by atoms with Crippen molar-refractivity contribution in [3.8, 4) is 11.5 Å². The van der Waals surface area contributed by atoms with Crippen LogP contribution in [0.1, 0.15) is 57.1 Å². The zero-order chi connectivity index (χ0) is 15.1. The summed E-state index contributed by atoms with van der Waals surface area (Å²) < 4.78 is 10.8. The highest BCUT2D eigenvalue weighted by molar-refractivity contribution is 5.42. The van der Waals surface area contributed by atoms with E-state index in [2.05, 4.69) is 18.3 Å². The summed E-state index contributed by atoms with van der Waals surface area (Å²) in [6.07, 6.45) is 8.35. The van der Waals surface area contributed by atoms with E-state index in [1.807, 2.05) is 12.1 Å². The van der Waals surface area contributed by atoms with Gasteiger partial charge < -0.3 is 14.8 Å². The molecule has 0 aliphatic heterocycles. The van der Waals surface area contributed by atoms with Crippen LogP contribution in [0.3, 0.4) is 0 Å². The molecule has 3 heteroatoms. The van der Waals surface area contributed by atoms with E-state index in [0.29, 0.717) is 0 Å². The van der Waals surface area contributed by atoms with Crippen molar-refractivity contribution >= 4 is 0 Å². The van der Waals surface area contributed by atoms with Crippen LogP contribution in [0.2, 0.25) is 0 Å². The van der Waals surface area contributed by atoms with Crippen molar-refractivity contribution in [2.24, 2.45) is 5.92 Å². The van der Waals surface area contributed by atoms with E-state index < -0.39 is 0 Å². The van der Waals surface area contributed by atoms with Gasteiger partial charge in [-0.15, -0.1) is 0 Å². The smallest absolute Gasteiger partial charge is 0.123 e. The third-order valence-corrected chi connectivity index (χ3v) is 4.59. The molecule has 1 unspecified atom stereocenters. The Hall–Kier alpha value is -1.22. The van der Waals surface area contributed by atoms with Crippen LogP contribution >= 0.6 is 0 Å². The Morgan fingerprint density at radius 2 is 1.81 bits per heavy atom. The predicted octanol–water partition coefficient (Wildman–Crippen LogP) is 4.32. The van der Waals surface area contributed by atoms with Crippen LogP contribution in [0, 0.1) is 5.92 Å². The molecule has 0 saturated heterocycles. The minimum absolute atomic E-state index is 0.276. The fraction of sp³-hybridized carbons (Fsp3) is 0.667. The zero-order valence-electron chi connectivity index (χ0n) is 13.7. The predicted molar refractivity (Wildman–Crippen MR) is 87.2 cm³/mol. The molecule has 1 aliphatic rings. The average Bonchev–Trinajstić information content (AvgIpc) is 2.80. The number of nitrogens with one attached hydrogen (secondary N) is 1. The molecule has 1 N–H and O–H groups in total. The Labute approximate surface area is 129 Å². The molecule has 0 heterocycles. The van der Waals surface area contributed by atoms with Gasteiger partial charge in [-0.1, -0.05) is 25.7 Å². The van der Waals surface area contributed by atoms with Gasteiger partial charge >= 0.3 is 0 Å². The maximum Gasteiger partial charge on any atom is 0.123 e. The first-order valence-corrected chi connectivity index (χ1v) is 8.20. The molecule has 21 heavy (non-hydrogen) atoms. The number of ether oxygens (including phenoxy) is 2. The van der Waals surface area contributed by atoms with E-state index >= 15 is 0 Å². The van der Waals surface area contributed by atoms with Gasteiger partial charge in [-0.3, -0.25) is 0 Å². The summed E-state index contributed by atoms with van der Waals surface area (Å²) in [5.41, 5.74) is 1.17. The number of methoxy groups -OCH3 is 2. The molecule has 1 atom stereocenters.